The number of H-pyrrole nitrogens is 1. The Morgan fingerprint density at radius 2 is 2.03 bits per heavy atom. The van der Waals surface area contributed by atoms with Crippen LogP contribution in [0.3, 0.4) is 0 Å². The lowest BCUT2D eigenvalue weighted by Gasteiger charge is -2.51. The van der Waals surface area contributed by atoms with Crippen molar-refractivity contribution in [1.29, 1.82) is 0 Å². The summed E-state index contributed by atoms with van der Waals surface area (Å²) in [6.45, 7) is 7.49. The highest BCUT2D eigenvalue weighted by atomic mass is 16.3. The van der Waals surface area contributed by atoms with Crippen molar-refractivity contribution in [3.05, 3.63) is 47.2 Å². The lowest BCUT2D eigenvalue weighted by Crippen LogP contribution is -2.49. The zero-order valence-electron chi connectivity index (χ0n) is 19.5. The summed E-state index contributed by atoms with van der Waals surface area (Å²) in [5, 5.41) is 39.9. The van der Waals surface area contributed by atoms with Gasteiger partial charge in [-0.15, -0.1) is 0 Å². The number of carbonyl (C=O) groups excluding carboxylic acids is 1. The van der Waals surface area contributed by atoms with Crippen LogP contribution in [0.4, 0.5) is 0 Å². The van der Waals surface area contributed by atoms with Crippen molar-refractivity contribution in [2.45, 2.75) is 66.1 Å². The Hall–Kier alpha value is -2.31. The number of aliphatic hydroxyl groups is 2. The summed E-state index contributed by atoms with van der Waals surface area (Å²) < 4.78 is 0. The molecule has 6 nitrogen and oxygen atoms in total. The van der Waals surface area contributed by atoms with Gasteiger partial charge >= 0.3 is 0 Å². The number of aromatic nitrogens is 1. The minimum atomic E-state index is -0.859. The maximum absolute atomic E-state index is 14.0. The molecule has 0 radical (unpaired) electrons. The molecule has 2 aliphatic rings. The lowest BCUT2D eigenvalue weighted by molar-refractivity contribution is 0.0326. The molecule has 6 unspecified atom stereocenters. The summed E-state index contributed by atoms with van der Waals surface area (Å²) in [7, 11) is 0. The Bertz CT molecular complexity index is 925. The van der Waals surface area contributed by atoms with Gasteiger partial charge in [-0.3, -0.25) is 4.79 Å². The molecule has 0 amide bonds. The number of Topliss-reactive ketones (excluding diaryl/α,β-unsaturated/α-hetero) is 1. The van der Waals surface area contributed by atoms with Crippen LogP contribution in [0.1, 0.15) is 69.4 Å². The van der Waals surface area contributed by atoms with E-state index in [1.807, 2.05) is 38.2 Å². The number of fused-ring (bicyclic) bond motifs is 1. The number of hydrogen-bond donors (Lipinski definition) is 5. The number of nitrogens with one attached hydrogen (secondary N) is 1. The summed E-state index contributed by atoms with van der Waals surface area (Å²) in [6, 6.07) is 0. The topological polar surface area (TPSA) is 114 Å². The fraction of sp³-hybridized carbons (Fsp3) is 0.577. The van der Waals surface area contributed by atoms with E-state index < -0.39 is 24.0 Å². The highest BCUT2D eigenvalue weighted by Gasteiger charge is 2.54. The average Bonchev–Trinajstić information content (AvgIpc) is 3.01. The van der Waals surface area contributed by atoms with Crippen LogP contribution >= 0.6 is 0 Å². The molecular weight excluding hydrogens is 406 g/mol. The van der Waals surface area contributed by atoms with Crippen molar-refractivity contribution in [2.75, 3.05) is 0 Å². The van der Waals surface area contributed by atoms with Crippen LogP contribution < -0.4 is 0 Å². The van der Waals surface area contributed by atoms with E-state index in [0.29, 0.717) is 12.3 Å². The first-order chi connectivity index (χ1) is 15.1. The molecule has 0 spiro atoms. The van der Waals surface area contributed by atoms with E-state index in [2.05, 4.69) is 18.0 Å². The van der Waals surface area contributed by atoms with Crippen LogP contribution in [0.15, 0.2) is 36.0 Å². The summed E-state index contributed by atoms with van der Waals surface area (Å²) in [5.41, 5.74) is 0.154. The summed E-state index contributed by atoms with van der Waals surface area (Å²) in [6.07, 6.45) is 13.1. The van der Waals surface area contributed by atoms with Gasteiger partial charge in [0.25, 0.3) is 0 Å². The zero-order valence-corrected chi connectivity index (χ0v) is 19.5. The Kier molecular flexibility index (Phi) is 7.36. The maximum Gasteiger partial charge on any atom is 0.203 e. The second-order valence-corrected chi connectivity index (χ2v) is 9.92. The van der Waals surface area contributed by atoms with Gasteiger partial charge in [-0.25, -0.2) is 0 Å². The number of ketones is 1. The average molecular weight is 444 g/mol. The first kappa shape index (κ1) is 24.3. The predicted octanol–water partition coefficient (Wildman–Crippen LogP) is 4.62. The second-order valence-electron chi connectivity index (χ2n) is 9.92. The normalized spacial score (nSPS) is 31.6. The van der Waals surface area contributed by atoms with Crippen LogP contribution in [0.25, 0.3) is 0 Å². The molecule has 0 aromatic carbocycles. The van der Waals surface area contributed by atoms with Gasteiger partial charge in [0.05, 0.1) is 18.4 Å². The molecule has 176 valence electrons. The lowest BCUT2D eigenvalue weighted by atomic mass is 9.51. The number of hydrogen-bond acceptors (Lipinski definition) is 5. The number of aromatic hydroxyl groups is 2. The van der Waals surface area contributed by atoms with E-state index in [1.54, 1.807) is 6.92 Å². The fourth-order valence-corrected chi connectivity index (χ4v) is 5.82. The molecule has 2 aliphatic carbocycles. The molecule has 0 aliphatic heterocycles. The van der Waals surface area contributed by atoms with E-state index in [-0.39, 0.29) is 40.5 Å². The minimum absolute atomic E-state index is 0.0412. The third-order valence-electron chi connectivity index (χ3n) is 7.48. The van der Waals surface area contributed by atoms with Gasteiger partial charge in [0.2, 0.25) is 5.88 Å². The number of allylic oxidation sites excluding steroid dienone is 5. The van der Waals surface area contributed by atoms with Crippen LogP contribution in [-0.2, 0) is 6.61 Å². The molecule has 1 saturated carbocycles. The Balaban J connectivity index is 2.06. The number of carbonyl (C=O) groups is 1. The molecule has 32 heavy (non-hydrogen) atoms. The van der Waals surface area contributed by atoms with Crippen molar-refractivity contribution < 1.29 is 25.2 Å². The smallest absolute Gasteiger partial charge is 0.203 e. The van der Waals surface area contributed by atoms with Gasteiger partial charge in [-0.05, 0) is 50.9 Å². The van der Waals surface area contributed by atoms with Crippen molar-refractivity contribution in [1.82, 2.24) is 4.98 Å². The van der Waals surface area contributed by atoms with E-state index in [9.17, 15) is 25.2 Å². The van der Waals surface area contributed by atoms with Gasteiger partial charge in [0, 0.05) is 11.3 Å². The van der Waals surface area contributed by atoms with Gasteiger partial charge < -0.3 is 25.4 Å². The Morgan fingerprint density at radius 3 is 2.66 bits per heavy atom. The minimum Gasteiger partial charge on any atom is -0.505 e. The third-order valence-corrected chi connectivity index (χ3v) is 7.48. The van der Waals surface area contributed by atoms with Crippen molar-refractivity contribution in [2.24, 2.45) is 29.1 Å². The maximum atomic E-state index is 14.0. The summed E-state index contributed by atoms with van der Waals surface area (Å²) >= 11 is 0. The highest BCUT2D eigenvalue weighted by molar-refractivity contribution is 6.05. The fourth-order valence-electron chi connectivity index (χ4n) is 5.82. The summed E-state index contributed by atoms with van der Waals surface area (Å²) in [4.78, 5) is 16.6. The zero-order chi connectivity index (χ0) is 23.6. The number of aliphatic hydroxyl groups excluding tert-OH is 2. The molecule has 1 heterocycles. The van der Waals surface area contributed by atoms with Gasteiger partial charge in [0.1, 0.15) is 5.56 Å². The second kappa shape index (κ2) is 9.67. The van der Waals surface area contributed by atoms with E-state index in [0.717, 1.165) is 24.8 Å². The van der Waals surface area contributed by atoms with Crippen LogP contribution in [0.2, 0.25) is 0 Å². The standard InChI is InChI=1S/C26H37NO5/c1-15-10-11-20-18(12-15)13-16(2)19(9-7-5-6-8-17(3)29)26(20,4)24(31)22-23(30)21(14-28)27-25(22)32/h5-7,9,13,15,17-20,27-30,32H,8,10-12,14H2,1-4H3/b6-5+,9-7+. The van der Waals surface area contributed by atoms with E-state index >= 15 is 0 Å². The predicted molar refractivity (Wildman–Crippen MR) is 124 cm³/mol. The van der Waals surface area contributed by atoms with E-state index in [4.69, 9.17) is 0 Å². The molecule has 1 aromatic heterocycles. The van der Waals surface area contributed by atoms with Gasteiger partial charge in [0.15, 0.2) is 11.5 Å². The SMILES string of the molecule is CC1=CC2CC(C)CCC2C(C)(C(=O)c2c(O)[nH]c(CO)c2O)C1/C=C/C=C/CC(C)O. The third kappa shape index (κ3) is 4.44. The molecule has 6 atom stereocenters. The molecular formula is C26H37NO5. The molecule has 5 N–H and O–H groups in total. The van der Waals surface area contributed by atoms with Crippen LogP contribution in [0, 0.1) is 29.1 Å². The largest absolute Gasteiger partial charge is 0.505 e. The number of aromatic amines is 1. The first-order valence-electron chi connectivity index (χ1n) is 11.6. The Morgan fingerprint density at radius 1 is 1.31 bits per heavy atom. The molecule has 3 rings (SSSR count). The van der Waals surface area contributed by atoms with E-state index in [1.165, 1.54) is 0 Å². The van der Waals surface area contributed by atoms with Gasteiger partial charge in [-0.2, -0.15) is 0 Å². The number of rotatable bonds is 7. The van der Waals surface area contributed by atoms with Crippen LogP contribution in [0.5, 0.6) is 11.6 Å². The monoisotopic (exact) mass is 443 g/mol. The van der Waals surface area contributed by atoms with Crippen LogP contribution in [-0.4, -0.2) is 37.3 Å². The molecule has 0 saturated heterocycles. The van der Waals surface area contributed by atoms with Crippen molar-refractivity contribution in [3.63, 3.8) is 0 Å². The summed E-state index contributed by atoms with van der Waals surface area (Å²) in [5.74, 6) is -0.338. The van der Waals surface area contributed by atoms with Gasteiger partial charge in [-0.1, -0.05) is 56.2 Å². The highest BCUT2D eigenvalue weighted by Crippen LogP contribution is 2.56. The van der Waals surface area contributed by atoms with Crippen molar-refractivity contribution >= 4 is 5.78 Å². The molecule has 0 bridgehead atoms. The molecule has 1 fully saturated rings. The van der Waals surface area contributed by atoms with Crippen molar-refractivity contribution in [3.8, 4) is 11.6 Å². The molecule has 6 heteroatoms. The quantitative estimate of drug-likeness (QED) is 0.240. The Labute approximate surface area is 190 Å². The first-order valence-corrected chi connectivity index (χ1v) is 11.6. The molecule has 1 aromatic rings.